The molecule has 2 heterocycles. The summed E-state index contributed by atoms with van der Waals surface area (Å²) in [7, 11) is 0. The summed E-state index contributed by atoms with van der Waals surface area (Å²) in [6, 6.07) is 20.3. The topological polar surface area (TPSA) is 81.9 Å². The molecular weight excluding hydrogens is 362 g/mol. The van der Waals surface area contributed by atoms with Crippen LogP contribution in [-0.2, 0) is 0 Å². The number of amides is 1. The zero-order valence-corrected chi connectivity index (χ0v) is 16.0. The van der Waals surface area contributed by atoms with Crippen molar-refractivity contribution in [2.75, 3.05) is 23.3 Å². The van der Waals surface area contributed by atoms with E-state index in [1.807, 2.05) is 30.3 Å². The van der Waals surface area contributed by atoms with E-state index in [-0.39, 0.29) is 5.91 Å². The molecule has 0 saturated carbocycles. The van der Waals surface area contributed by atoms with E-state index >= 15 is 0 Å². The van der Waals surface area contributed by atoms with E-state index in [2.05, 4.69) is 21.3 Å². The van der Waals surface area contributed by atoms with Crippen LogP contribution in [0.15, 0.2) is 60.7 Å². The number of nitriles is 1. The highest BCUT2D eigenvalue weighted by molar-refractivity contribution is 6.03. The number of rotatable bonds is 4. The van der Waals surface area contributed by atoms with Crippen LogP contribution in [0.5, 0.6) is 0 Å². The number of benzene rings is 2. The van der Waals surface area contributed by atoms with Crippen LogP contribution in [0, 0.1) is 11.3 Å². The summed E-state index contributed by atoms with van der Waals surface area (Å²) >= 11 is 0. The third-order valence-electron chi connectivity index (χ3n) is 4.91. The van der Waals surface area contributed by atoms with E-state index in [4.69, 9.17) is 10.2 Å². The monoisotopic (exact) mass is 383 g/mol. The minimum absolute atomic E-state index is 0.307. The van der Waals surface area contributed by atoms with Gasteiger partial charge in [-0.2, -0.15) is 5.26 Å². The molecule has 1 amide bonds. The van der Waals surface area contributed by atoms with Gasteiger partial charge in [-0.15, -0.1) is 0 Å². The van der Waals surface area contributed by atoms with E-state index in [1.165, 1.54) is 6.42 Å². The van der Waals surface area contributed by atoms with Crippen molar-refractivity contribution in [3.8, 4) is 17.5 Å². The third-order valence-corrected chi connectivity index (χ3v) is 4.91. The molecule has 1 N–H and O–H groups in total. The predicted octanol–water partition coefficient (Wildman–Crippen LogP) is 4.26. The number of nitrogens with one attached hydrogen (secondary N) is 1. The van der Waals surface area contributed by atoms with E-state index in [1.54, 1.807) is 30.3 Å². The van der Waals surface area contributed by atoms with E-state index in [9.17, 15) is 4.79 Å². The molecule has 6 heteroatoms. The van der Waals surface area contributed by atoms with E-state index in [0.717, 1.165) is 37.3 Å². The van der Waals surface area contributed by atoms with Crippen molar-refractivity contribution in [1.29, 1.82) is 5.26 Å². The Balaban J connectivity index is 1.69. The number of hydrogen-bond donors (Lipinski definition) is 1. The molecule has 2 aromatic carbocycles. The number of anilines is 2. The summed E-state index contributed by atoms with van der Waals surface area (Å²) < 4.78 is 0. The fraction of sp³-hybridized carbons (Fsp3) is 0.217. The van der Waals surface area contributed by atoms with Crippen molar-refractivity contribution in [2.45, 2.75) is 19.3 Å². The smallest absolute Gasteiger partial charge is 0.274 e. The number of hydrogen-bond acceptors (Lipinski definition) is 5. The molecule has 0 unspecified atom stereocenters. The second kappa shape index (κ2) is 8.53. The van der Waals surface area contributed by atoms with Gasteiger partial charge in [-0.05, 0) is 37.5 Å². The van der Waals surface area contributed by atoms with E-state index in [0.29, 0.717) is 22.8 Å². The van der Waals surface area contributed by atoms with Crippen LogP contribution in [0.4, 0.5) is 11.5 Å². The Bertz CT molecular complexity index is 1050. The molecule has 29 heavy (non-hydrogen) atoms. The average molecular weight is 383 g/mol. The molecule has 0 atom stereocenters. The van der Waals surface area contributed by atoms with Crippen LogP contribution < -0.4 is 10.2 Å². The molecule has 1 aliphatic heterocycles. The fourth-order valence-corrected chi connectivity index (χ4v) is 3.41. The van der Waals surface area contributed by atoms with Crippen LogP contribution in [0.3, 0.4) is 0 Å². The van der Waals surface area contributed by atoms with Crippen molar-refractivity contribution in [1.82, 2.24) is 9.97 Å². The highest BCUT2D eigenvalue weighted by Gasteiger charge is 2.18. The quantitative estimate of drug-likeness (QED) is 0.728. The Hall–Kier alpha value is -3.72. The standard InChI is InChI=1S/C23H21N5O/c24-16-17-8-7-11-19(14-17)25-23(29)20-15-21(28-12-5-2-6-13-28)27-22(26-20)18-9-3-1-4-10-18/h1,3-4,7-11,14-15H,2,5-6,12-13H2,(H,25,29). The van der Waals surface area contributed by atoms with Crippen LogP contribution in [0.1, 0.15) is 35.3 Å². The highest BCUT2D eigenvalue weighted by atomic mass is 16.1. The number of carbonyl (C=O) groups excluding carboxylic acids is 1. The number of nitrogens with zero attached hydrogens (tertiary/aromatic N) is 4. The zero-order chi connectivity index (χ0) is 20.1. The van der Waals surface area contributed by atoms with Gasteiger partial charge in [-0.25, -0.2) is 9.97 Å². The Kier molecular flexibility index (Phi) is 5.48. The minimum Gasteiger partial charge on any atom is -0.356 e. The van der Waals surface area contributed by atoms with Crippen LogP contribution >= 0.6 is 0 Å². The summed E-state index contributed by atoms with van der Waals surface area (Å²) in [6.45, 7) is 1.85. The first-order valence-electron chi connectivity index (χ1n) is 9.74. The second-order valence-electron chi connectivity index (χ2n) is 7.00. The normalized spacial score (nSPS) is 13.6. The van der Waals surface area contributed by atoms with Gasteiger partial charge in [0.05, 0.1) is 11.6 Å². The van der Waals surface area contributed by atoms with E-state index < -0.39 is 0 Å². The molecule has 6 nitrogen and oxygen atoms in total. The lowest BCUT2D eigenvalue weighted by molar-refractivity contribution is 0.102. The SMILES string of the molecule is N#Cc1cccc(NC(=O)c2cc(N3CCCCC3)nc(-c3ccccc3)n2)c1. The summed E-state index contributed by atoms with van der Waals surface area (Å²) in [5.41, 5.74) is 2.23. The predicted molar refractivity (Wildman–Crippen MR) is 113 cm³/mol. The molecule has 1 fully saturated rings. The first-order chi connectivity index (χ1) is 14.2. The van der Waals surface area contributed by atoms with Gasteiger partial charge in [0.2, 0.25) is 0 Å². The van der Waals surface area contributed by atoms with Crippen molar-refractivity contribution in [2.24, 2.45) is 0 Å². The van der Waals surface area contributed by atoms with Crippen molar-refractivity contribution in [3.05, 3.63) is 71.9 Å². The highest BCUT2D eigenvalue weighted by Crippen LogP contribution is 2.23. The lowest BCUT2D eigenvalue weighted by Crippen LogP contribution is -2.31. The first kappa shape index (κ1) is 18.6. The van der Waals surface area contributed by atoms with Crippen LogP contribution in [0.25, 0.3) is 11.4 Å². The lowest BCUT2D eigenvalue weighted by atomic mass is 10.1. The first-order valence-corrected chi connectivity index (χ1v) is 9.74. The molecule has 1 saturated heterocycles. The van der Waals surface area contributed by atoms with Crippen molar-refractivity contribution < 1.29 is 4.79 Å². The maximum atomic E-state index is 12.9. The molecule has 0 bridgehead atoms. The minimum atomic E-state index is -0.321. The number of carbonyl (C=O) groups is 1. The van der Waals surface area contributed by atoms with Gasteiger partial charge >= 0.3 is 0 Å². The largest absolute Gasteiger partial charge is 0.356 e. The van der Waals surface area contributed by atoms with Gasteiger partial charge in [-0.1, -0.05) is 36.4 Å². The molecule has 144 valence electrons. The summed E-state index contributed by atoms with van der Waals surface area (Å²) in [4.78, 5) is 24.4. The number of aromatic nitrogens is 2. The summed E-state index contributed by atoms with van der Waals surface area (Å²) in [5.74, 6) is 0.983. The second-order valence-corrected chi connectivity index (χ2v) is 7.00. The molecule has 3 aromatic rings. The molecule has 1 aliphatic rings. The Morgan fingerprint density at radius 2 is 1.76 bits per heavy atom. The van der Waals surface area contributed by atoms with Gasteiger partial charge in [-0.3, -0.25) is 4.79 Å². The lowest BCUT2D eigenvalue weighted by Gasteiger charge is -2.28. The molecule has 0 aliphatic carbocycles. The molecule has 0 radical (unpaired) electrons. The molecule has 0 spiro atoms. The molecule has 4 rings (SSSR count). The van der Waals surface area contributed by atoms with Crippen LogP contribution in [-0.4, -0.2) is 29.0 Å². The number of piperidine rings is 1. The van der Waals surface area contributed by atoms with Gasteiger partial charge in [0.1, 0.15) is 11.5 Å². The molecular formula is C23H21N5O. The van der Waals surface area contributed by atoms with Crippen LogP contribution in [0.2, 0.25) is 0 Å². The fourth-order valence-electron chi connectivity index (χ4n) is 3.41. The average Bonchev–Trinajstić information content (AvgIpc) is 2.80. The summed E-state index contributed by atoms with van der Waals surface area (Å²) in [6.07, 6.45) is 3.45. The summed E-state index contributed by atoms with van der Waals surface area (Å²) in [5, 5.41) is 11.9. The van der Waals surface area contributed by atoms with Gasteiger partial charge in [0.25, 0.3) is 5.91 Å². The Labute approximate surface area is 169 Å². The van der Waals surface area contributed by atoms with Crippen molar-refractivity contribution >= 4 is 17.4 Å². The van der Waals surface area contributed by atoms with Gasteiger partial charge < -0.3 is 10.2 Å². The van der Waals surface area contributed by atoms with Gasteiger partial charge in [0.15, 0.2) is 5.82 Å². The Morgan fingerprint density at radius 3 is 2.52 bits per heavy atom. The third kappa shape index (κ3) is 4.41. The van der Waals surface area contributed by atoms with Crippen molar-refractivity contribution in [3.63, 3.8) is 0 Å². The van der Waals surface area contributed by atoms with Gasteiger partial charge in [0, 0.05) is 30.4 Å². The maximum Gasteiger partial charge on any atom is 0.274 e. The molecule has 1 aromatic heterocycles. The maximum absolute atomic E-state index is 12.9. The zero-order valence-electron chi connectivity index (χ0n) is 16.0. The Morgan fingerprint density at radius 1 is 0.966 bits per heavy atom.